The molecule has 1 aliphatic rings. The van der Waals surface area contributed by atoms with Crippen molar-refractivity contribution in [2.75, 3.05) is 7.11 Å². The van der Waals surface area contributed by atoms with Crippen molar-refractivity contribution in [2.45, 2.75) is 19.8 Å². The highest BCUT2D eigenvalue weighted by atomic mass is 16.6. The minimum absolute atomic E-state index is 0.00206. The number of methoxy groups -OCH3 is 1. The van der Waals surface area contributed by atoms with Crippen LogP contribution in [0.15, 0.2) is 36.7 Å². The van der Waals surface area contributed by atoms with Crippen molar-refractivity contribution in [3.63, 3.8) is 0 Å². The van der Waals surface area contributed by atoms with Crippen molar-refractivity contribution < 1.29 is 23.7 Å². The first-order valence-electron chi connectivity index (χ1n) is 7.08. The lowest BCUT2D eigenvalue weighted by Gasteiger charge is -2.34. The summed E-state index contributed by atoms with van der Waals surface area (Å²) in [6.07, 6.45) is 2.56. The van der Waals surface area contributed by atoms with Crippen molar-refractivity contribution in [1.82, 2.24) is 0 Å². The van der Waals surface area contributed by atoms with Gasteiger partial charge in [0.25, 0.3) is 0 Å². The molecule has 0 N–H and O–H groups in total. The minimum Gasteiger partial charge on any atom is -0.616 e. The summed E-state index contributed by atoms with van der Waals surface area (Å²) < 4.78 is 11.5. The van der Waals surface area contributed by atoms with E-state index in [9.17, 15) is 15.2 Å². The highest BCUT2D eigenvalue weighted by Gasteiger charge is 2.49. The normalized spacial score (nSPS) is 13.7. The summed E-state index contributed by atoms with van der Waals surface area (Å²) in [5, 5.41) is 24.1. The van der Waals surface area contributed by atoms with Crippen LogP contribution in [0, 0.1) is 15.8 Å². The Bertz CT molecular complexity index is 737. The average molecular weight is 316 g/mol. The van der Waals surface area contributed by atoms with Gasteiger partial charge in [-0.15, -0.1) is 9.46 Å². The van der Waals surface area contributed by atoms with Crippen LogP contribution in [0.5, 0.6) is 11.8 Å². The number of nitrogens with zero attached hydrogens (tertiary/aromatic N) is 2. The van der Waals surface area contributed by atoms with Gasteiger partial charge in [0.2, 0.25) is 0 Å². The Hall–Kier alpha value is -2.83. The lowest BCUT2D eigenvalue weighted by molar-refractivity contribution is -0.635. The van der Waals surface area contributed by atoms with Gasteiger partial charge in [0, 0.05) is 18.1 Å². The molecule has 23 heavy (non-hydrogen) atoms. The topological polar surface area (TPSA) is 89.4 Å². The van der Waals surface area contributed by atoms with Gasteiger partial charge in [0.05, 0.1) is 23.7 Å². The van der Waals surface area contributed by atoms with Crippen molar-refractivity contribution in [1.29, 1.82) is 0 Å². The Morgan fingerprint density at radius 1 is 1.13 bits per heavy atom. The molecule has 0 aromatic carbocycles. The second-order valence-corrected chi connectivity index (χ2v) is 5.94. The van der Waals surface area contributed by atoms with Gasteiger partial charge >= 0.3 is 17.7 Å². The number of carbonyl (C=O) groups excluding carboxylic acids is 1. The molecule has 3 rings (SSSR count). The molecule has 0 radical (unpaired) electrons. The molecule has 0 aliphatic carbocycles. The Morgan fingerprint density at radius 2 is 1.61 bits per heavy atom. The van der Waals surface area contributed by atoms with E-state index in [0.29, 0.717) is 20.6 Å². The van der Waals surface area contributed by atoms with Gasteiger partial charge in [-0.05, 0) is 26.0 Å². The molecule has 0 amide bonds. The van der Waals surface area contributed by atoms with Crippen molar-refractivity contribution in [3.8, 4) is 11.8 Å². The third-order valence-electron chi connectivity index (χ3n) is 4.14. The molecule has 0 spiro atoms. The predicted molar refractivity (Wildman–Crippen MR) is 78.5 cm³/mol. The third-order valence-corrected chi connectivity index (χ3v) is 4.14. The number of hydrogen-bond donors (Lipinski definition) is 0. The van der Waals surface area contributed by atoms with Gasteiger partial charge < -0.3 is 19.9 Å². The number of esters is 1. The number of fused-ring (bicyclic) bond motifs is 2. The summed E-state index contributed by atoms with van der Waals surface area (Å²) in [4.78, 5) is 12.3. The first-order chi connectivity index (χ1) is 10.9. The molecule has 7 heteroatoms. The summed E-state index contributed by atoms with van der Waals surface area (Å²) in [7, 11) is 1.31. The zero-order chi connectivity index (χ0) is 16.8. The summed E-state index contributed by atoms with van der Waals surface area (Å²) in [6.45, 7) is 3.43. The fraction of sp³-hybridized carbons (Fsp3) is 0.312. The van der Waals surface area contributed by atoms with Gasteiger partial charge in [-0.1, -0.05) is 0 Å². The van der Waals surface area contributed by atoms with Crippen molar-refractivity contribution >= 4 is 5.97 Å². The monoisotopic (exact) mass is 316 g/mol. The molecule has 0 saturated heterocycles. The van der Waals surface area contributed by atoms with Gasteiger partial charge in [0.15, 0.2) is 12.4 Å². The zero-order valence-corrected chi connectivity index (χ0v) is 13.0. The average Bonchev–Trinajstić information content (AvgIpc) is 2.53. The third kappa shape index (κ3) is 2.16. The number of aromatic nitrogens is 2. The van der Waals surface area contributed by atoms with Crippen LogP contribution < -0.4 is 14.2 Å². The van der Waals surface area contributed by atoms with E-state index in [1.54, 1.807) is 38.1 Å². The van der Waals surface area contributed by atoms with Crippen molar-refractivity contribution in [2.24, 2.45) is 5.41 Å². The van der Waals surface area contributed by atoms with Crippen LogP contribution in [0.1, 0.15) is 30.9 Å². The maximum atomic E-state index is 12.3. The molecular formula is C16H16N2O5. The lowest BCUT2D eigenvalue weighted by Crippen LogP contribution is -2.42. The lowest BCUT2D eigenvalue weighted by atomic mass is 9.71. The van der Waals surface area contributed by atoms with E-state index in [4.69, 9.17) is 9.47 Å². The molecule has 0 saturated carbocycles. The Kier molecular flexibility index (Phi) is 3.35. The predicted octanol–water partition coefficient (Wildman–Crippen LogP) is 1.39. The molecule has 120 valence electrons. The van der Waals surface area contributed by atoms with Gasteiger partial charge in [-0.2, -0.15) is 0 Å². The van der Waals surface area contributed by atoms with Crippen molar-refractivity contribution in [3.05, 3.63) is 58.2 Å². The van der Waals surface area contributed by atoms with E-state index in [1.807, 2.05) is 0 Å². The SMILES string of the molecule is COC(=O)C(C)(C)C1c2ccc[n+]([O-])c2Oc2c1ccc[n+]2[O-]. The molecule has 3 heterocycles. The number of ether oxygens (including phenoxy) is 2. The van der Waals surface area contributed by atoms with Crippen LogP contribution in [-0.4, -0.2) is 13.1 Å². The molecule has 2 aromatic heterocycles. The number of hydrogen-bond acceptors (Lipinski definition) is 5. The molecule has 0 unspecified atom stereocenters. The molecule has 0 atom stereocenters. The van der Waals surface area contributed by atoms with Gasteiger partial charge in [-0.3, -0.25) is 4.79 Å². The van der Waals surface area contributed by atoms with E-state index >= 15 is 0 Å². The summed E-state index contributed by atoms with van der Waals surface area (Å²) in [5.74, 6) is -0.990. The first-order valence-corrected chi connectivity index (χ1v) is 7.08. The van der Waals surface area contributed by atoms with E-state index in [2.05, 4.69) is 0 Å². The van der Waals surface area contributed by atoms with Crippen LogP contribution in [-0.2, 0) is 9.53 Å². The van der Waals surface area contributed by atoms with E-state index < -0.39 is 17.3 Å². The highest BCUT2D eigenvalue weighted by Crippen LogP contribution is 2.49. The first kappa shape index (κ1) is 15.1. The standard InChI is InChI=1S/C16H16N2O5/c1-16(2,15(19)22-3)12-10-6-4-8-17(20)13(10)23-14-11(12)7-5-9-18(14)21/h4-9,12H,1-3H3. The molecule has 0 bridgehead atoms. The van der Waals surface area contributed by atoms with Crippen LogP contribution in [0.3, 0.4) is 0 Å². The Morgan fingerprint density at radius 3 is 2.04 bits per heavy atom. The zero-order valence-electron chi connectivity index (χ0n) is 13.0. The smallest absolute Gasteiger partial charge is 0.393 e. The molecule has 0 fully saturated rings. The maximum Gasteiger partial charge on any atom is 0.393 e. The molecule has 1 aliphatic heterocycles. The Balaban J connectivity index is 2.30. The summed E-state index contributed by atoms with van der Waals surface area (Å²) in [5.41, 5.74) is 0.0817. The Labute approximate surface area is 132 Å². The van der Waals surface area contributed by atoms with E-state index in [0.717, 1.165) is 0 Å². The quantitative estimate of drug-likeness (QED) is 0.474. The second kappa shape index (κ2) is 5.12. The fourth-order valence-electron chi connectivity index (χ4n) is 3.05. The second-order valence-electron chi connectivity index (χ2n) is 5.94. The molecule has 7 nitrogen and oxygen atoms in total. The largest absolute Gasteiger partial charge is 0.616 e. The summed E-state index contributed by atoms with van der Waals surface area (Å²) in [6, 6.07) is 6.58. The highest BCUT2D eigenvalue weighted by molar-refractivity contribution is 5.78. The number of carbonyl (C=O) groups is 1. The van der Waals surface area contributed by atoms with E-state index in [1.165, 1.54) is 19.5 Å². The van der Waals surface area contributed by atoms with Crippen LogP contribution >= 0.6 is 0 Å². The van der Waals surface area contributed by atoms with E-state index in [-0.39, 0.29) is 11.8 Å². The van der Waals surface area contributed by atoms with Crippen LogP contribution in [0.4, 0.5) is 0 Å². The van der Waals surface area contributed by atoms with Gasteiger partial charge in [0.1, 0.15) is 0 Å². The number of rotatable bonds is 2. The van der Waals surface area contributed by atoms with Crippen LogP contribution in [0.2, 0.25) is 0 Å². The molecular weight excluding hydrogens is 300 g/mol. The number of pyridine rings is 2. The fourth-order valence-corrected chi connectivity index (χ4v) is 3.05. The van der Waals surface area contributed by atoms with Gasteiger partial charge in [-0.25, -0.2) is 0 Å². The molecule has 2 aromatic rings. The van der Waals surface area contributed by atoms with Crippen LogP contribution in [0.25, 0.3) is 0 Å². The maximum absolute atomic E-state index is 12.3. The summed E-state index contributed by atoms with van der Waals surface area (Å²) >= 11 is 0. The minimum atomic E-state index is -0.995.